The predicted octanol–water partition coefficient (Wildman–Crippen LogP) is 4.61. The number of nitrogens with one attached hydrogen (secondary N) is 2. The fourth-order valence-electron chi connectivity index (χ4n) is 3.02. The third-order valence-electron chi connectivity index (χ3n) is 4.42. The smallest absolute Gasteiger partial charge is 0.387 e. The van der Waals surface area contributed by atoms with Crippen molar-refractivity contribution in [2.45, 2.75) is 12.7 Å². The van der Waals surface area contributed by atoms with Crippen LogP contribution in [0.2, 0.25) is 0 Å². The lowest BCUT2D eigenvalue weighted by Crippen LogP contribution is -2.34. The van der Waals surface area contributed by atoms with Gasteiger partial charge in [-0.1, -0.05) is 54.6 Å². The minimum atomic E-state index is -2.89. The minimum Gasteiger partial charge on any atom is -0.495 e. The molecule has 0 aliphatic rings. The topological polar surface area (TPSA) is 59.6 Å². The van der Waals surface area contributed by atoms with Crippen LogP contribution < -0.4 is 20.1 Å². The van der Waals surface area contributed by atoms with Crippen LogP contribution in [0.4, 0.5) is 14.5 Å². The molecule has 0 bridgehead atoms. The fraction of sp³-hybridized carbons (Fsp3) is 0.174. The number of carbonyl (C=O) groups is 1. The van der Waals surface area contributed by atoms with Crippen LogP contribution in [-0.4, -0.2) is 26.2 Å². The lowest BCUT2D eigenvalue weighted by molar-refractivity contribution is -0.119. The van der Waals surface area contributed by atoms with Gasteiger partial charge >= 0.3 is 6.61 Å². The zero-order valence-corrected chi connectivity index (χ0v) is 16.3. The number of hydrogen-bond donors (Lipinski definition) is 2. The monoisotopic (exact) mass is 412 g/mol. The first-order valence-corrected chi connectivity index (χ1v) is 9.33. The van der Waals surface area contributed by atoms with Gasteiger partial charge in [-0.05, 0) is 35.4 Å². The second kappa shape index (κ2) is 10.2. The lowest BCUT2D eigenvalue weighted by Gasteiger charge is -2.21. The van der Waals surface area contributed by atoms with Crippen molar-refractivity contribution >= 4 is 11.6 Å². The first-order valence-electron chi connectivity index (χ1n) is 9.33. The lowest BCUT2D eigenvalue weighted by atomic mass is 9.98. The van der Waals surface area contributed by atoms with Gasteiger partial charge in [-0.15, -0.1) is 0 Å². The van der Waals surface area contributed by atoms with Crippen molar-refractivity contribution in [2.24, 2.45) is 0 Å². The number of para-hydroxylation sites is 2. The second-order valence-electron chi connectivity index (χ2n) is 6.41. The van der Waals surface area contributed by atoms with E-state index in [1.54, 1.807) is 25.3 Å². The third kappa shape index (κ3) is 5.70. The van der Waals surface area contributed by atoms with E-state index in [0.29, 0.717) is 11.4 Å². The van der Waals surface area contributed by atoms with Gasteiger partial charge in [0.2, 0.25) is 5.91 Å². The molecule has 0 aromatic heterocycles. The predicted molar refractivity (Wildman–Crippen MR) is 111 cm³/mol. The Morgan fingerprint density at radius 3 is 2.20 bits per heavy atom. The molecule has 2 N–H and O–H groups in total. The molecule has 0 aliphatic heterocycles. The Kier molecular flexibility index (Phi) is 7.21. The summed E-state index contributed by atoms with van der Waals surface area (Å²) in [7, 11) is 1.56. The summed E-state index contributed by atoms with van der Waals surface area (Å²) >= 11 is 0. The molecule has 7 heteroatoms. The molecule has 0 saturated heterocycles. The Bertz CT molecular complexity index is 950. The first kappa shape index (κ1) is 21.1. The molecule has 0 fully saturated rings. The summed E-state index contributed by atoms with van der Waals surface area (Å²) < 4.78 is 34.5. The van der Waals surface area contributed by atoms with E-state index in [1.807, 2.05) is 48.5 Å². The number of methoxy groups -OCH3 is 1. The van der Waals surface area contributed by atoms with Crippen LogP contribution in [0.3, 0.4) is 0 Å². The van der Waals surface area contributed by atoms with Gasteiger partial charge in [0.25, 0.3) is 0 Å². The van der Waals surface area contributed by atoms with E-state index in [0.717, 1.165) is 11.1 Å². The van der Waals surface area contributed by atoms with Crippen LogP contribution in [0.15, 0.2) is 78.9 Å². The van der Waals surface area contributed by atoms with Crippen molar-refractivity contribution in [3.05, 3.63) is 90.0 Å². The number of halogens is 2. The Balaban J connectivity index is 1.74. The maximum atomic E-state index is 12.6. The van der Waals surface area contributed by atoms with Crippen LogP contribution >= 0.6 is 0 Å². The molecule has 0 spiro atoms. The average Bonchev–Trinajstić information content (AvgIpc) is 2.77. The molecule has 0 heterocycles. The summed E-state index contributed by atoms with van der Waals surface area (Å²) in [5, 5.41) is 6.05. The maximum Gasteiger partial charge on any atom is 0.387 e. The van der Waals surface area contributed by atoms with Crippen molar-refractivity contribution < 1.29 is 23.0 Å². The molecule has 0 unspecified atom stereocenters. The van der Waals surface area contributed by atoms with E-state index in [9.17, 15) is 13.6 Å². The standard InChI is InChI=1S/C23H22F2N2O3/c1-29-20-10-6-5-9-19(20)26-15-21(28)27-22(16-7-3-2-4-8-16)17-11-13-18(14-12-17)30-23(24)25/h2-14,22-23,26H,15H2,1H3,(H,27,28)/t22-/m0/s1. The molecule has 3 aromatic carbocycles. The first-order chi connectivity index (χ1) is 14.6. The molecule has 0 saturated carbocycles. The maximum absolute atomic E-state index is 12.6. The van der Waals surface area contributed by atoms with Gasteiger partial charge in [0.15, 0.2) is 0 Å². The highest BCUT2D eigenvalue weighted by molar-refractivity contribution is 5.82. The third-order valence-corrected chi connectivity index (χ3v) is 4.42. The molecular weight excluding hydrogens is 390 g/mol. The van der Waals surface area contributed by atoms with Gasteiger partial charge in [-0.2, -0.15) is 8.78 Å². The normalized spacial score (nSPS) is 11.6. The van der Waals surface area contributed by atoms with Crippen LogP contribution in [-0.2, 0) is 4.79 Å². The summed E-state index contributed by atoms with van der Waals surface area (Å²) in [5.74, 6) is 0.465. The zero-order chi connectivity index (χ0) is 21.3. The van der Waals surface area contributed by atoms with E-state index in [-0.39, 0.29) is 18.2 Å². The quantitative estimate of drug-likeness (QED) is 0.539. The molecule has 156 valence electrons. The van der Waals surface area contributed by atoms with Crippen molar-refractivity contribution in [1.82, 2.24) is 5.32 Å². The summed E-state index contributed by atoms with van der Waals surface area (Å²) in [6.45, 7) is -2.85. The van der Waals surface area contributed by atoms with E-state index in [4.69, 9.17) is 4.74 Å². The molecule has 1 atom stereocenters. The largest absolute Gasteiger partial charge is 0.495 e. The molecule has 0 radical (unpaired) electrons. The molecule has 3 rings (SSSR count). The number of ether oxygens (including phenoxy) is 2. The highest BCUT2D eigenvalue weighted by Gasteiger charge is 2.17. The summed E-state index contributed by atoms with van der Waals surface area (Å²) in [4.78, 5) is 12.6. The van der Waals surface area contributed by atoms with E-state index in [1.165, 1.54) is 12.1 Å². The number of benzene rings is 3. The van der Waals surface area contributed by atoms with Gasteiger partial charge < -0.3 is 20.1 Å². The summed E-state index contributed by atoms with van der Waals surface area (Å²) in [6, 6.07) is 22.5. The molecule has 30 heavy (non-hydrogen) atoms. The molecule has 0 aliphatic carbocycles. The fourth-order valence-corrected chi connectivity index (χ4v) is 3.02. The van der Waals surface area contributed by atoms with Crippen LogP contribution in [0.5, 0.6) is 11.5 Å². The Morgan fingerprint density at radius 2 is 1.53 bits per heavy atom. The highest BCUT2D eigenvalue weighted by atomic mass is 19.3. The average molecular weight is 412 g/mol. The van der Waals surface area contributed by atoms with Crippen molar-refractivity contribution in [3.63, 3.8) is 0 Å². The summed E-state index contributed by atoms with van der Waals surface area (Å²) in [5.41, 5.74) is 2.32. The molecule has 1 amide bonds. The zero-order valence-electron chi connectivity index (χ0n) is 16.3. The number of hydrogen-bond acceptors (Lipinski definition) is 4. The van der Waals surface area contributed by atoms with E-state index >= 15 is 0 Å². The molecule has 3 aromatic rings. The van der Waals surface area contributed by atoms with E-state index < -0.39 is 12.7 Å². The highest BCUT2D eigenvalue weighted by Crippen LogP contribution is 2.25. The van der Waals surface area contributed by atoms with Gasteiger partial charge in [-0.3, -0.25) is 4.79 Å². The van der Waals surface area contributed by atoms with Crippen molar-refractivity contribution in [1.29, 1.82) is 0 Å². The number of rotatable bonds is 9. The van der Waals surface area contributed by atoms with E-state index in [2.05, 4.69) is 15.4 Å². The molecular formula is C23H22F2N2O3. The minimum absolute atomic E-state index is 0.0380. The van der Waals surface area contributed by atoms with Gasteiger partial charge in [0, 0.05) is 0 Å². The van der Waals surface area contributed by atoms with Gasteiger partial charge in [0.05, 0.1) is 25.4 Å². The summed E-state index contributed by atoms with van der Waals surface area (Å²) in [6.07, 6.45) is 0. The Labute approximate surface area is 173 Å². The van der Waals surface area contributed by atoms with Crippen LogP contribution in [0.25, 0.3) is 0 Å². The number of anilines is 1. The van der Waals surface area contributed by atoms with Crippen molar-refractivity contribution in [2.75, 3.05) is 19.0 Å². The van der Waals surface area contributed by atoms with Gasteiger partial charge in [-0.25, -0.2) is 0 Å². The van der Waals surface area contributed by atoms with Crippen molar-refractivity contribution in [3.8, 4) is 11.5 Å². The Hall–Kier alpha value is -3.61. The Morgan fingerprint density at radius 1 is 0.900 bits per heavy atom. The molecule has 5 nitrogen and oxygen atoms in total. The second-order valence-corrected chi connectivity index (χ2v) is 6.41. The SMILES string of the molecule is COc1ccccc1NCC(=O)N[C@@H](c1ccccc1)c1ccc(OC(F)F)cc1. The number of amides is 1. The van der Waals surface area contributed by atoms with Crippen LogP contribution in [0, 0.1) is 0 Å². The number of alkyl halides is 2. The number of carbonyl (C=O) groups excluding carboxylic acids is 1. The van der Waals surface area contributed by atoms with Gasteiger partial charge in [0.1, 0.15) is 11.5 Å². The van der Waals surface area contributed by atoms with Crippen LogP contribution in [0.1, 0.15) is 17.2 Å².